The first kappa shape index (κ1) is 30.7. The van der Waals surface area contributed by atoms with Gasteiger partial charge in [0.1, 0.15) is 30.0 Å². The fourth-order valence-electron chi connectivity index (χ4n) is 3.81. The van der Waals surface area contributed by atoms with Gasteiger partial charge >= 0.3 is 12.1 Å². The van der Waals surface area contributed by atoms with E-state index in [1.165, 1.54) is 19.2 Å². The minimum absolute atomic E-state index is 0.0140. The van der Waals surface area contributed by atoms with Crippen LogP contribution < -0.4 is 10.6 Å². The second-order valence-electron chi connectivity index (χ2n) is 9.96. The van der Waals surface area contributed by atoms with Crippen LogP contribution in [0.1, 0.15) is 49.1 Å². The van der Waals surface area contributed by atoms with E-state index in [4.69, 9.17) is 11.2 Å². The van der Waals surface area contributed by atoms with Gasteiger partial charge in [-0.25, -0.2) is 4.79 Å². The summed E-state index contributed by atoms with van der Waals surface area (Å²) in [6, 6.07) is 11.1. The number of hydrogen-bond donors (Lipinski definition) is 3. The van der Waals surface area contributed by atoms with Crippen molar-refractivity contribution in [3.63, 3.8) is 0 Å². The Morgan fingerprint density at radius 3 is 2.26 bits per heavy atom. The Labute approximate surface area is 228 Å². The predicted molar refractivity (Wildman–Crippen MR) is 144 cm³/mol. The summed E-state index contributed by atoms with van der Waals surface area (Å²) in [6.07, 6.45) is 4.94. The van der Waals surface area contributed by atoms with Gasteiger partial charge in [0.15, 0.2) is 0 Å². The summed E-state index contributed by atoms with van der Waals surface area (Å²) in [7, 11) is 1.18. The maximum absolute atomic E-state index is 13.9. The third kappa shape index (κ3) is 9.07. The van der Waals surface area contributed by atoms with Crippen LogP contribution >= 0.6 is 0 Å². The van der Waals surface area contributed by atoms with E-state index in [0.29, 0.717) is 16.7 Å². The van der Waals surface area contributed by atoms with Crippen molar-refractivity contribution in [1.82, 2.24) is 15.5 Å². The maximum Gasteiger partial charge on any atom is 0.408 e. The largest absolute Gasteiger partial charge is 0.508 e. The summed E-state index contributed by atoms with van der Waals surface area (Å²) in [5, 5.41) is 14.7. The third-order valence-electron chi connectivity index (χ3n) is 5.60. The van der Waals surface area contributed by atoms with Crippen molar-refractivity contribution in [2.24, 2.45) is 0 Å². The topological polar surface area (TPSA) is 134 Å². The molecule has 208 valence electrons. The molecule has 0 aliphatic heterocycles. The van der Waals surface area contributed by atoms with Gasteiger partial charge in [-0.15, -0.1) is 0 Å². The van der Waals surface area contributed by atoms with Crippen LogP contribution in [0.15, 0.2) is 42.5 Å². The van der Waals surface area contributed by atoms with E-state index in [9.17, 15) is 24.3 Å². The molecule has 0 saturated heterocycles. The number of benzene rings is 2. The number of esters is 1. The fourth-order valence-corrected chi connectivity index (χ4v) is 3.81. The van der Waals surface area contributed by atoms with E-state index < -0.39 is 48.1 Å². The van der Waals surface area contributed by atoms with Gasteiger partial charge in [0.05, 0.1) is 7.11 Å². The van der Waals surface area contributed by atoms with Gasteiger partial charge in [-0.1, -0.05) is 42.3 Å². The highest BCUT2D eigenvalue weighted by Gasteiger charge is 2.37. The number of ether oxygens (including phenoxy) is 2. The molecule has 0 spiro atoms. The van der Waals surface area contributed by atoms with Crippen molar-refractivity contribution in [1.29, 1.82) is 0 Å². The highest BCUT2D eigenvalue weighted by Crippen LogP contribution is 2.26. The monoisotopic (exact) mass is 537 g/mol. The number of alkyl carbamates (subject to hydrolysis) is 1. The van der Waals surface area contributed by atoms with Crippen LogP contribution in [0.4, 0.5) is 4.79 Å². The molecule has 0 aliphatic carbocycles. The number of methoxy groups -OCH3 is 1. The molecule has 39 heavy (non-hydrogen) atoms. The normalized spacial score (nSPS) is 12.3. The van der Waals surface area contributed by atoms with E-state index in [-0.39, 0.29) is 12.2 Å². The summed E-state index contributed by atoms with van der Waals surface area (Å²) < 4.78 is 9.95. The molecule has 0 heterocycles. The first-order chi connectivity index (χ1) is 18.2. The van der Waals surface area contributed by atoms with Gasteiger partial charge in [0, 0.05) is 12.5 Å². The van der Waals surface area contributed by atoms with Crippen LogP contribution in [0, 0.1) is 26.3 Å². The summed E-state index contributed by atoms with van der Waals surface area (Å²) in [4.78, 5) is 52.6. The Morgan fingerprint density at radius 2 is 1.72 bits per heavy atom. The molecule has 2 aromatic rings. The number of carbonyl (C=O) groups is 4. The molecule has 3 amide bonds. The van der Waals surface area contributed by atoms with E-state index in [1.54, 1.807) is 52.0 Å². The summed E-state index contributed by atoms with van der Waals surface area (Å²) in [5.74, 6) is -2.11. The van der Waals surface area contributed by atoms with Gasteiger partial charge in [0.2, 0.25) is 5.91 Å². The molecule has 10 heteroatoms. The van der Waals surface area contributed by atoms with Crippen LogP contribution in [-0.4, -0.2) is 59.2 Å². The Bertz CT molecular complexity index is 1240. The smallest absolute Gasteiger partial charge is 0.408 e. The summed E-state index contributed by atoms with van der Waals surface area (Å²) >= 11 is 0. The van der Waals surface area contributed by atoms with Crippen molar-refractivity contribution in [3.05, 3.63) is 64.7 Å². The molecular formula is C29H35N3O7. The summed E-state index contributed by atoms with van der Waals surface area (Å²) in [6.45, 7) is 8.26. The first-order valence-corrected chi connectivity index (χ1v) is 12.2. The number of amides is 3. The van der Waals surface area contributed by atoms with Gasteiger partial charge in [-0.2, -0.15) is 0 Å². The van der Waals surface area contributed by atoms with Crippen LogP contribution in [-0.2, 0) is 30.3 Å². The van der Waals surface area contributed by atoms with Crippen LogP contribution in [0.25, 0.3) is 0 Å². The van der Waals surface area contributed by atoms with Gasteiger partial charge in [0.25, 0.3) is 5.91 Å². The van der Waals surface area contributed by atoms with E-state index in [1.807, 2.05) is 13.0 Å². The highest BCUT2D eigenvalue weighted by atomic mass is 16.6. The van der Waals surface area contributed by atoms with Crippen LogP contribution in [0.2, 0.25) is 0 Å². The van der Waals surface area contributed by atoms with E-state index in [2.05, 4.69) is 21.4 Å². The molecule has 0 saturated carbocycles. The average molecular weight is 538 g/mol. The number of nitrogens with one attached hydrogen (secondary N) is 2. The quantitative estimate of drug-likeness (QED) is 0.254. The molecule has 0 aromatic heterocycles. The Hall–Kier alpha value is -4.52. The Kier molecular flexibility index (Phi) is 10.5. The predicted octanol–water partition coefficient (Wildman–Crippen LogP) is 2.89. The lowest BCUT2D eigenvalue weighted by Gasteiger charge is -2.31. The van der Waals surface area contributed by atoms with Crippen molar-refractivity contribution in [2.45, 2.75) is 58.7 Å². The number of carbonyl (C=O) groups excluding carboxylic acids is 4. The van der Waals surface area contributed by atoms with Crippen LogP contribution in [0.5, 0.6) is 5.75 Å². The fraction of sp³-hybridized carbons (Fsp3) is 0.379. The molecule has 0 radical (unpaired) electrons. The molecule has 0 bridgehead atoms. The van der Waals surface area contributed by atoms with Gasteiger partial charge in [-0.3, -0.25) is 19.3 Å². The number of aromatic hydroxyl groups is 1. The zero-order valence-corrected chi connectivity index (χ0v) is 23.0. The highest BCUT2D eigenvalue weighted by molar-refractivity contribution is 5.94. The Balaban J connectivity index is 2.52. The number of aryl methyl sites for hydroxylation is 2. The molecule has 3 N–H and O–H groups in total. The van der Waals surface area contributed by atoms with E-state index >= 15 is 0 Å². The summed E-state index contributed by atoms with van der Waals surface area (Å²) in [5.41, 5.74) is 1.83. The van der Waals surface area contributed by atoms with Crippen molar-refractivity contribution in [2.75, 3.05) is 13.7 Å². The number of phenolic OH excluding ortho intramolecular Hbond substituents is 1. The lowest BCUT2D eigenvalue weighted by molar-refractivity contribution is -0.142. The third-order valence-corrected chi connectivity index (χ3v) is 5.60. The number of hydrogen-bond acceptors (Lipinski definition) is 7. The number of nitrogens with zero attached hydrogens (tertiary/aromatic N) is 1. The zero-order valence-electron chi connectivity index (χ0n) is 23.0. The lowest BCUT2D eigenvalue weighted by Crippen LogP contribution is -2.52. The average Bonchev–Trinajstić information content (AvgIpc) is 2.85. The van der Waals surface area contributed by atoms with Gasteiger partial charge in [-0.05, 0) is 63.4 Å². The van der Waals surface area contributed by atoms with Crippen molar-refractivity contribution < 1.29 is 33.8 Å². The SMILES string of the molecule is C#CN(C(=O)C(Cc1ccc(O)cc1)NC(=O)OC(C)(C)C)C(C(=O)NCC(=O)OC)c1ccc(C)cc1C. The molecule has 2 aromatic carbocycles. The molecular weight excluding hydrogens is 502 g/mol. The minimum atomic E-state index is -1.32. The molecule has 2 atom stereocenters. The van der Waals surface area contributed by atoms with Gasteiger partial charge < -0.3 is 25.2 Å². The van der Waals surface area contributed by atoms with E-state index in [0.717, 1.165) is 10.5 Å². The number of terminal acetylenes is 1. The van der Waals surface area contributed by atoms with Crippen LogP contribution in [0.3, 0.4) is 0 Å². The second-order valence-corrected chi connectivity index (χ2v) is 9.96. The number of phenols is 1. The second kappa shape index (κ2) is 13.3. The van der Waals surface area contributed by atoms with Crippen molar-refractivity contribution >= 4 is 23.9 Å². The molecule has 2 unspecified atom stereocenters. The molecule has 2 rings (SSSR count). The first-order valence-electron chi connectivity index (χ1n) is 12.2. The number of rotatable bonds is 9. The standard InChI is InChI=1S/C29H35N3O7/c1-8-32(25(26(35)30-17-24(34)38-7)22-14-9-18(2)15-19(22)3)27(36)23(31-28(37)39-29(4,5)6)16-20-10-12-21(33)13-11-20/h1,9-15,23,25,33H,16-17H2,2-7H3,(H,30,35)(H,31,37). The van der Waals surface area contributed by atoms with Crippen molar-refractivity contribution in [3.8, 4) is 18.2 Å². The lowest BCUT2D eigenvalue weighted by atomic mass is 9.96. The maximum atomic E-state index is 13.9. The Morgan fingerprint density at radius 1 is 1.08 bits per heavy atom. The minimum Gasteiger partial charge on any atom is -0.508 e. The zero-order chi connectivity index (χ0) is 29.3. The molecule has 0 fully saturated rings. The molecule has 10 nitrogen and oxygen atoms in total. The molecule has 0 aliphatic rings.